The lowest BCUT2D eigenvalue weighted by Gasteiger charge is -2.32. The topological polar surface area (TPSA) is 110 Å². The summed E-state index contributed by atoms with van der Waals surface area (Å²) in [6.45, 7) is 4.80. The molecule has 0 bridgehead atoms. The zero-order chi connectivity index (χ0) is 24.2. The number of carbonyl (C=O) groups excluding carboxylic acids is 3. The number of Topliss-reactive ketones (excluding diaryl/α,β-unsaturated/α-hetero) is 1. The average molecular weight is 473 g/mol. The number of piperidine rings is 1. The highest BCUT2D eigenvalue weighted by atomic mass is 32.2. The summed E-state index contributed by atoms with van der Waals surface area (Å²) in [6.07, 6.45) is 2.58. The molecular formula is C24H28N2O6S. The highest BCUT2D eigenvalue weighted by molar-refractivity contribution is 7.89. The summed E-state index contributed by atoms with van der Waals surface area (Å²) in [6, 6.07) is 10.8. The Kier molecular flexibility index (Phi) is 7.65. The molecule has 0 saturated carbocycles. The van der Waals surface area contributed by atoms with E-state index in [1.54, 1.807) is 37.3 Å². The number of esters is 1. The van der Waals surface area contributed by atoms with Crippen molar-refractivity contribution >= 4 is 33.4 Å². The number of benzene rings is 2. The molecule has 1 N–H and O–H groups in total. The van der Waals surface area contributed by atoms with Crippen LogP contribution in [0.4, 0.5) is 5.69 Å². The van der Waals surface area contributed by atoms with Gasteiger partial charge in [0.05, 0.1) is 16.1 Å². The normalized spacial score (nSPS) is 16.8. The van der Waals surface area contributed by atoms with Gasteiger partial charge in [0.15, 0.2) is 12.4 Å². The van der Waals surface area contributed by atoms with E-state index in [1.807, 2.05) is 6.92 Å². The summed E-state index contributed by atoms with van der Waals surface area (Å²) in [5.41, 5.74) is 1.29. The Hall–Kier alpha value is -3.04. The molecule has 33 heavy (non-hydrogen) atoms. The number of hydrogen-bond donors (Lipinski definition) is 1. The standard InChI is InChI=1S/C24H28N2O6S/c1-16-11-12-19(33(30,31)26-13-7-6-8-17(26)2)14-21(16)24(29)32-15-23(28)25-22-10-5-4-9-20(22)18(3)27/h4-5,9-12,14,17H,6-8,13,15H2,1-3H3,(H,25,28). The van der Waals surface area contributed by atoms with Crippen molar-refractivity contribution < 1.29 is 27.5 Å². The number of para-hydroxylation sites is 1. The molecule has 0 aromatic heterocycles. The van der Waals surface area contributed by atoms with Crippen LogP contribution in [0.1, 0.15) is 59.4 Å². The number of nitrogens with zero attached hydrogens (tertiary/aromatic N) is 1. The summed E-state index contributed by atoms with van der Waals surface area (Å²) >= 11 is 0. The maximum atomic E-state index is 13.1. The highest BCUT2D eigenvalue weighted by Crippen LogP contribution is 2.26. The largest absolute Gasteiger partial charge is 0.452 e. The van der Waals surface area contributed by atoms with E-state index in [9.17, 15) is 22.8 Å². The molecule has 9 heteroatoms. The quantitative estimate of drug-likeness (QED) is 0.487. The molecule has 2 aromatic carbocycles. The third kappa shape index (κ3) is 5.66. The lowest BCUT2D eigenvalue weighted by molar-refractivity contribution is -0.119. The van der Waals surface area contributed by atoms with Crippen LogP contribution in [0, 0.1) is 6.92 Å². The molecule has 1 unspecified atom stereocenters. The first-order chi connectivity index (χ1) is 15.6. The summed E-state index contributed by atoms with van der Waals surface area (Å²) < 4.78 is 32.8. The minimum Gasteiger partial charge on any atom is -0.452 e. The Bertz CT molecular complexity index is 1180. The molecule has 1 heterocycles. The second kappa shape index (κ2) is 10.3. The second-order valence-corrected chi connectivity index (χ2v) is 10.1. The van der Waals surface area contributed by atoms with Crippen molar-refractivity contribution in [2.24, 2.45) is 0 Å². The number of carbonyl (C=O) groups is 3. The van der Waals surface area contributed by atoms with E-state index < -0.39 is 28.5 Å². The lowest BCUT2D eigenvalue weighted by atomic mass is 10.1. The Balaban J connectivity index is 1.72. The van der Waals surface area contributed by atoms with Crippen molar-refractivity contribution in [1.82, 2.24) is 4.31 Å². The number of aryl methyl sites for hydroxylation is 1. The van der Waals surface area contributed by atoms with Crippen LogP contribution in [0.5, 0.6) is 0 Å². The minimum absolute atomic E-state index is 0.0219. The van der Waals surface area contributed by atoms with Gasteiger partial charge in [-0.05, 0) is 63.4 Å². The van der Waals surface area contributed by atoms with E-state index in [4.69, 9.17) is 4.74 Å². The number of ether oxygens (including phenoxy) is 1. The van der Waals surface area contributed by atoms with Crippen LogP contribution in [0.3, 0.4) is 0 Å². The fourth-order valence-corrected chi connectivity index (χ4v) is 5.57. The lowest BCUT2D eigenvalue weighted by Crippen LogP contribution is -2.41. The molecule has 0 spiro atoms. The van der Waals surface area contributed by atoms with Crippen molar-refractivity contribution in [1.29, 1.82) is 0 Å². The van der Waals surface area contributed by atoms with Gasteiger partial charge in [0.25, 0.3) is 5.91 Å². The molecular weight excluding hydrogens is 444 g/mol. The fraction of sp³-hybridized carbons (Fsp3) is 0.375. The van der Waals surface area contributed by atoms with Crippen molar-refractivity contribution in [2.75, 3.05) is 18.5 Å². The molecule has 0 aliphatic carbocycles. The van der Waals surface area contributed by atoms with Crippen molar-refractivity contribution in [3.05, 3.63) is 59.2 Å². The van der Waals surface area contributed by atoms with Gasteiger partial charge in [0.2, 0.25) is 10.0 Å². The number of nitrogens with one attached hydrogen (secondary N) is 1. The first-order valence-corrected chi connectivity index (χ1v) is 12.2. The van der Waals surface area contributed by atoms with Gasteiger partial charge in [0, 0.05) is 18.2 Å². The minimum atomic E-state index is -3.75. The third-order valence-corrected chi connectivity index (χ3v) is 7.70. The Labute approximate surface area is 194 Å². The zero-order valence-electron chi connectivity index (χ0n) is 19.0. The number of amides is 1. The number of hydrogen-bond acceptors (Lipinski definition) is 6. The van der Waals surface area contributed by atoms with Crippen LogP contribution in [0.2, 0.25) is 0 Å². The van der Waals surface area contributed by atoms with Crippen LogP contribution in [0.15, 0.2) is 47.4 Å². The van der Waals surface area contributed by atoms with E-state index >= 15 is 0 Å². The molecule has 2 aromatic rings. The monoisotopic (exact) mass is 472 g/mol. The molecule has 8 nitrogen and oxygen atoms in total. The van der Waals surface area contributed by atoms with Gasteiger partial charge in [-0.15, -0.1) is 0 Å². The molecule has 1 fully saturated rings. The Morgan fingerprint density at radius 2 is 1.82 bits per heavy atom. The maximum Gasteiger partial charge on any atom is 0.338 e. The first kappa shape index (κ1) is 24.6. The third-order valence-electron chi connectivity index (χ3n) is 5.69. The Morgan fingerprint density at radius 3 is 2.52 bits per heavy atom. The number of ketones is 1. The van der Waals surface area contributed by atoms with Crippen molar-refractivity contribution in [2.45, 2.75) is 51.0 Å². The molecule has 3 rings (SSSR count). The van der Waals surface area contributed by atoms with E-state index in [-0.39, 0.29) is 22.3 Å². The summed E-state index contributed by atoms with van der Waals surface area (Å²) in [4.78, 5) is 36.6. The van der Waals surface area contributed by atoms with E-state index in [1.165, 1.54) is 23.4 Å². The summed E-state index contributed by atoms with van der Waals surface area (Å²) in [5, 5.41) is 2.56. The number of anilines is 1. The van der Waals surface area contributed by atoms with Gasteiger partial charge in [-0.25, -0.2) is 13.2 Å². The van der Waals surface area contributed by atoms with Crippen LogP contribution >= 0.6 is 0 Å². The average Bonchev–Trinajstić information content (AvgIpc) is 2.78. The van der Waals surface area contributed by atoms with Gasteiger partial charge >= 0.3 is 5.97 Å². The molecule has 1 amide bonds. The number of rotatable bonds is 7. The van der Waals surface area contributed by atoms with Gasteiger partial charge in [0.1, 0.15) is 0 Å². The van der Waals surface area contributed by atoms with Crippen molar-refractivity contribution in [3.8, 4) is 0 Å². The summed E-state index contributed by atoms with van der Waals surface area (Å²) in [5.74, 6) is -1.62. The first-order valence-electron chi connectivity index (χ1n) is 10.8. The molecule has 1 saturated heterocycles. The fourth-order valence-electron chi connectivity index (χ4n) is 3.84. The second-order valence-electron chi connectivity index (χ2n) is 8.16. The Morgan fingerprint density at radius 1 is 1.09 bits per heavy atom. The maximum absolute atomic E-state index is 13.1. The van der Waals surface area contributed by atoms with Gasteiger partial charge in [-0.3, -0.25) is 9.59 Å². The van der Waals surface area contributed by atoms with Crippen LogP contribution < -0.4 is 5.32 Å². The van der Waals surface area contributed by atoms with Crippen LogP contribution in [0.25, 0.3) is 0 Å². The van der Waals surface area contributed by atoms with Gasteiger partial charge < -0.3 is 10.1 Å². The smallest absolute Gasteiger partial charge is 0.338 e. The molecule has 176 valence electrons. The molecule has 0 radical (unpaired) electrons. The molecule has 1 aliphatic rings. The van der Waals surface area contributed by atoms with E-state index in [0.29, 0.717) is 23.4 Å². The zero-order valence-corrected chi connectivity index (χ0v) is 19.8. The predicted molar refractivity (Wildman–Crippen MR) is 124 cm³/mol. The van der Waals surface area contributed by atoms with Gasteiger partial charge in [-0.2, -0.15) is 4.31 Å². The highest BCUT2D eigenvalue weighted by Gasteiger charge is 2.31. The summed E-state index contributed by atoms with van der Waals surface area (Å²) in [7, 11) is -3.75. The van der Waals surface area contributed by atoms with E-state index in [2.05, 4.69) is 5.32 Å². The predicted octanol–water partition coefficient (Wildman–Crippen LogP) is 3.56. The van der Waals surface area contributed by atoms with Crippen LogP contribution in [-0.2, 0) is 19.6 Å². The molecule has 1 atom stereocenters. The van der Waals surface area contributed by atoms with Crippen molar-refractivity contribution in [3.63, 3.8) is 0 Å². The van der Waals surface area contributed by atoms with Crippen LogP contribution in [-0.4, -0.2) is 49.6 Å². The van der Waals surface area contributed by atoms with E-state index in [0.717, 1.165) is 19.3 Å². The molecule has 1 aliphatic heterocycles. The SMILES string of the molecule is CC(=O)c1ccccc1NC(=O)COC(=O)c1cc(S(=O)(=O)N2CCCCC2C)ccc1C. The number of sulfonamides is 1. The van der Waals surface area contributed by atoms with Gasteiger partial charge in [-0.1, -0.05) is 24.6 Å².